The maximum absolute atomic E-state index is 12.5. The fraction of sp³-hybridized carbons (Fsp3) is 0.538. The molecule has 34 heavy (non-hydrogen) atoms. The Kier molecular flexibility index (Phi) is 8.31. The highest BCUT2D eigenvalue weighted by Gasteiger charge is 2.26. The zero-order chi connectivity index (χ0) is 23.8. The third-order valence-electron chi connectivity index (χ3n) is 6.50. The second-order valence-electron chi connectivity index (χ2n) is 9.26. The molecule has 0 saturated carbocycles. The minimum atomic E-state index is 0.141. The number of anilines is 3. The van der Waals surface area contributed by atoms with Gasteiger partial charge in [0.2, 0.25) is 11.9 Å². The van der Waals surface area contributed by atoms with Gasteiger partial charge in [-0.2, -0.15) is 10.2 Å². The summed E-state index contributed by atoms with van der Waals surface area (Å²) in [5.74, 6) is 1.55. The average Bonchev–Trinajstić information content (AvgIpc) is 3.32. The summed E-state index contributed by atoms with van der Waals surface area (Å²) >= 11 is 0. The number of carbonyl (C=O) groups excluding carboxylic acids is 1. The van der Waals surface area contributed by atoms with Crippen molar-refractivity contribution in [2.75, 3.05) is 42.9 Å². The van der Waals surface area contributed by atoms with Crippen LogP contribution in [-0.2, 0) is 11.2 Å². The first-order chi connectivity index (χ1) is 16.6. The van der Waals surface area contributed by atoms with E-state index < -0.39 is 0 Å². The van der Waals surface area contributed by atoms with E-state index in [4.69, 9.17) is 10.2 Å². The van der Waals surface area contributed by atoms with Crippen molar-refractivity contribution in [1.82, 2.24) is 20.2 Å². The van der Waals surface area contributed by atoms with Gasteiger partial charge in [0.15, 0.2) is 0 Å². The molecule has 2 aliphatic heterocycles. The maximum atomic E-state index is 12.5. The van der Waals surface area contributed by atoms with E-state index in [1.54, 1.807) is 12.1 Å². The lowest BCUT2D eigenvalue weighted by atomic mass is 10.1. The molecule has 1 aromatic carbocycles. The third kappa shape index (κ3) is 6.67. The van der Waals surface area contributed by atoms with E-state index in [-0.39, 0.29) is 11.9 Å². The van der Waals surface area contributed by atoms with Crippen LogP contribution in [0.15, 0.2) is 30.3 Å². The lowest BCUT2D eigenvalue weighted by molar-refractivity contribution is -0.122. The molecular weight excluding hydrogens is 426 g/mol. The van der Waals surface area contributed by atoms with Crippen LogP contribution in [0.25, 0.3) is 0 Å². The third-order valence-corrected chi connectivity index (χ3v) is 6.50. The topological polar surface area (TPSA) is 97.2 Å². The number of nitrogens with one attached hydrogen (secondary N) is 2. The molecule has 1 atom stereocenters. The van der Waals surface area contributed by atoms with E-state index >= 15 is 0 Å². The normalized spacial score (nSPS) is 18.5. The summed E-state index contributed by atoms with van der Waals surface area (Å²) < 4.78 is 0. The minimum absolute atomic E-state index is 0.141. The van der Waals surface area contributed by atoms with E-state index in [1.165, 1.54) is 19.3 Å². The van der Waals surface area contributed by atoms with Gasteiger partial charge in [-0.25, -0.2) is 4.98 Å². The Morgan fingerprint density at radius 1 is 1.18 bits per heavy atom. The van der Waals surface area contributed by atoms with Crippen LogP contribution in [0.4, 0.5) is 17.5 Å². The highest BCUT2D eigenvalue weighted by atomic mass is 16.1. The van der Waals surface area contributed by atoms with Gasteiger partial charge in [-0.15, -0.1) is 0 Å². The first kappa shape index (κ1) is 24.0. The molecule has 0 bridgehead atoms. The van der Waals surface area contributed by atoms with Gasteiger partial charge in [-0.3, -0.25) is 4.79 Å². The molecule has 1 amide bonds. The SMILES string of the molecule is CCCc1cc(N2CC[C@H](NC(=O)CCN3CCCCC3)C2)nc(Nc2cccc(C#N)c2)n1. The predicted octanol–water partition coefficient (Wildman–Crippen LogP) is 3.62. The number of amides is 1. The Morgan fingerprint density at radius 2 is 2.03 bits per heavy atom. The van der Waals surface area contributed by atoms with Crippen molar-refractivity contribution >= 4 is 23.4 Å². The molecule has 0 radical (unpaired) electrons. The van der Waals surface area contributed by atoms with Crippen LogP contribution < -0.4 is 15.5 Å². The van der Waals surface area contributed by atoms with Gasteiger partial charge in [0.25, 0.3) is 0 Å². The number of likely N-dealkylation sites (tertiary alicyclic amines) is 1. The van der Waals surface area contributed by atoms with E-state index in [0.717, 1.165) is 69.2 Å². The van der Waals surface area contributed by atoms with Gasteiger partial charge in [0, 0.05) is 49.5 Å². The zero-order valence-corrected chi connectivity index (χ0v) is 20.1. The standard InChI is InChI=1S/C26H35N7O/c1-2-7-21-17-24(31-26(29-21)30-22-9-6-8-20(16-22)18-27)33-15-10-23(19-33)28-25(34)11-14-32-12-4-3-5-13-32/h6,8-9,16-17,23H,2-5,7,10-15,19H2,1H3,(H,28,34)(H,29,30,31)/t23-/m0/s1. The second-order valence-corrected chi connectivity index (χ2v) is 9.26. The Hall–Kier alpha value is -3.18. The van der Waals surface area contributed by atoms with Crippen molar-refractivity contribution in [3.63, 3.8) is 0 Å². The monoisotopic (exact) mass is 461 g/mol. The molecule has 0 unspecified atom stereocenters. The first-order valence-corrected chi connectivity index (χ1v) is 12.5. The number of benzene rings is 1. The predicted molar refractivity (Wildman–Crippen MR) is 134 cm³/mol. The number of aryl methyl sites for hydroxylation is 1. The molecule has 2 N–H and O–H groups in total. The molecule has 8 nitrogen and oxygen atoms in total. The number of nitrogens with zero attached hydrogens (tertiary/aromatic N) is 5. The van der Waals surface area contributed by atoms with Crippen LogP contribution in [0.2, 0.25) is 0 Å². The largest absolute Gasteiger partial charge is 0.354 e. The van der Waals surface area contributed by atoms with Gasteiger partial charge < -0.3 is 20.4 Å². The fourth-order valence-corrected chi connectivity index (χ4v) is 4.71. The van der Waals surface area contributed by atoms with Crippen LogP contribution in [0.5, 0.6) is 0 Å². The molecule has 2 aromatic rings. The van der Waals surface area contributed by atoms with Crippen molar-refractivity contribution < 1.29 is 4.79 Å². The molecule has 0 aliphatic carbocycles. The van der Waals surface area contributed by atoms with E-state index in [1.807, 2.05) is 12.1 Å². The Labute approximate surface area is 202 Å². The molecule has 1 aromatic heterocycles. The molecule has 180 valence electrons. The van der Waals surface area contributed by atoms with Crippen LogP contribution >= 0.6 is 0 Å². The van der Waals surface area contributed by atoms with Crippen LogP contribution in [0.1, 0.15) is 56.7 Å². The fourth-order valence-electron chi connectivity index (χ4n) is 4.71. The van der Waals surface area contributed by atoms with Gasteiger partial charge in [0.05, 0.1) is 11.6 Å². The highest BCUT2D eigenvalue weighted by molar-refractivity contribution is 5.76. The number of aromatic nitrogens is 2. The molecular formula is C26H35N7O. The quantitative estimate of drug-likeness (QED) is 0.589. The van der Waals surface area contributed by atoms with Gasteiger partial charge in [-0.1, -0.05) is 25.8 Å². The molecule has 3 heterocycles. The molecule has 0 spiro atoms. The number of rotatable bonds is 9. The van der Waals surface area contributed by atoms with E-state index in [0.29, 0.717) is 17.9 Å². The molecule has 4 rings (SSSR count). The van der Waals surface area contributed by atoms with E-state index in [9.17, 15) is 4.79 Å². The summed E-state index contributed by atoms with van der Waals surface area (Å²) in [4.78, 5) is 26.6. The molecule has 2 fully saturated rings. The number of hydrogen-bond donors (Lipinski definition) is 2. The minimum Gasteiger partial charge on any atom is -0.354 e. The van der Waals surface area contributed by atoms with Crippen molar-refractivity contribution in [3.8, 4) is 6.07 Å². The van der Waals surface area contributed by atoms with Crippen molar-refractivity contribution in [2.24, 2.45) is 0 Å². The van der Waals surface area contributed by atoms with Crippen LogP contribution in [0.3, 0.4) is 0 Å². The smallest absolute Gasteiger partial charge is 0.229 e. The molecule has 8 heteroatoms. The number of piperidine rings is 1. The summed E-state index contributed by atoms with van der Waals surface area (Å²) in [7, 11) is 0. The Balaban J connectivity index is 1.37. The maximum Gasteiger partial charge on any atom is 0.229 e. The first-order valence-electron chi connectivity index (χ1n) is 12.5. The van der Waals surface area contributed by atoms with Crippen molar-refractivity contribution in [3.05, 3.63) is 41.6 Å². The summed E-state index contributed by atoms with van der Waals surface area (Å²) in [5.41, 5.74) is 2.37. The summed E-state index contributed by atoms with van der Waals surface area (Å²) in [6.07, 6.45) is 7.16. The summed E-state index contributed by atoms with van der Waals surface area (Å²) in [6.45, 7) is 6.84. The molecule has 2 saturated heterocycles. The lowest BCUT2D eigenvalue weighted by Crippen LogP contribution is -2.39. The average molecular weight is 462 g/mol. The van der Waals surface area contributed by atoms with Crippen LogP contribution in [0, 0.1) is 11.3 Å². The summed E-state index contributed by atoms with van der Waals surface area (Å²) in [6, 6.07) is 11.7. The lowest BCUT2D eigenvalue weighted by Gasteiger charge is -2.26. The van der Waals surface area contributed by atoms with Crippen molar-refractivity contribution in [1.29, 1.82) is 5.26 Å². The van der Waals surface area contributed by atoms with E-state index in [2.05, 4.69) is 44.5 Å². The Morgan fingerprint density at radius 3 is 2.82 bits per heavy atom. The summed E-state index contributed by atoms with van der Waals surface area (Å²) in [5, 5.41) is 15.7. The van der Waals surface area contributed by atoms with Crippen LogP contribution in [-0.4, -0.2) is 59.5 Å². The number of carbonyl (C=O) groups is 1. The number of hydrogen-bond acceptors (Lipinski definition) is 7. The highest BCUT2D eigenvalue weighted by Crippen LogP contribution is 2.23. The zero-order valence-electron chi connectivity index (χ0n) is 20.1. The Bertz CT molecular complexity index is 1010. The van der Waals surface area contributed by atoms with Gasteiger partial charge >= 0.3 is 0 Å². The second kappa shape index (κ2) is 11.8. The number of nitriles is 1. The van der Waals surface area contributed by atoms with Gasteiger partial charge in [-0.05, 0) is 57.0 Å². The van der Waals surface area contributed by atoms with Gasteiger partial charge in [0.1, 0.15) is 5.82 Å². The molecule has 2 aliphatic rings. The van der Waals surface area contributed by atoms with Crippen molar-refractivity contribution in [2.45, 2.75) is 57.9 Å².